The maximum atomic E-state index is 13.7. The number of aryl methyl sites for hydroxylation is 1. The third-order valence-electron chi connectivity index (χ3n) is 5.85. The number of halogens is 1. The lowest BCUT2D eigenvalue weighted by molar-refractivity contribution is 0.335. The first kappa shape index (κ1) is 25.9. The van der Waals surface area contributed by atoms with Crippen LogP contribution in [0.3, 0.4) is 0 Å². The van der Waals surface area contributed by atoms with Crippen LogP contribution in [0.15, 0.2) is 64.5 Å². The molecule has 7 nitrogen and oxygen atoms in total. The monoisotopic (exact) mass is 514 g/mol. The van der Waals surface area contributed by atoms with Gasteiger partial charge >= 0.3 is 0 Å². The highest BCUT2D eigenvalue weighted by molar-refractivity contribution is 6.30. The molecule has 0 amide bonds. The number of nitrogens with zero attached hydrogens (tertiary/aromatic N) is 4. The zero-order valence-corrected chi connectivity index (χ0v) is 21.9. The van der Waals surface area contributed by atoms with E-state index in [2.05, 4.69) is 18.9 Å². The number of hydrogen-bond acceptors (Lipinski definition) is 6. The lowest BCUT2D eigenvalue weighted by atomic mass is 9.96. The molecular formula is C29H27ClN4O3. The van der Waals surface area contributed by atoms with E-state index >= 15 is 0 Å². The molecule has 1 heterocycles. The summed E-state index contributed by atoms with van der Waals surface area (Å²) in [5, 5.41) is 14.4. The van der Waals surface area contributed by atoms with Crippen LogP contribution in [-0.2, 0) is 0 Å². The molecule has 0 saturated carbocycles. The fourth-order valence-electron chi connectivity index (χ4n) is 4.06. The summed E-state index contributed by atoms with van der Waals surface area (Å²) in [6, 6.07) is 18.1. The maximum absolute atomic E-state index is 13.7. The Morgan fingerprint density at radius 2 is 1.92 bits per heavy atom. The number of benzene rings is 3. The molecular weight excluding hydrogens is 488 g/mol. The Hall–Kier alpha value is -4.15. The van der Waals surface area contributed by atoms with Gasteiger partial charge in [0.15, 0.2) is 12.4 Å². The van der Waals surface area contributed by atoms with Crippen LogP contribution in [0.4, 0.5) is 0 Å². The molecule has 8 heteroatoms. The minimum atomic E-state index is -0.308. The lowest BCUT2D eigenvalue weighted by Crippen LogP contribution is -2.21. The molecule has 0 atom stereocenters. The second kappa shape index (κ2) is 11.3. The van der Waals surface area contributed by atoms with Crippen LogP contribution in [0.1, 0.15) is 43.4 Å². The summed E-state index contributed by atoms with van der Waals surface area (Å²) in [4.78, 5) is 18.5. The summed E-state index contributed by atoms with van der Waals surface area (Å²) in [6.45, 7) is 8.53. The van der Waals surface area contributed by atoms with Gasteiger partial charge in [-0.25, -0.2) is 4.98 Å². The summed E-state index contributed by atoms with van der Waals surface area (Å²) >= 11 is 6.20. The topological polar surface area (TPSA) is 89.5 Å². The number of nitriles is 1. The van der Waals surface area contributed by atoms with E-state index < -0.39 is 0 Å². The van der Waals surface area contributed by atoms with Gasteiger partial charge in [-0.3, -0.25) is 4.79 Å². The van der Waals surface area contributed by atoms with Crippen molar-refractivity contribution in [3.63, 3.8) is 0 Å². The van der Waals surface area contributed by atoms with Crippen molar-refractivity contribution in [2.24, 2.45) is 5.10 Å². The van der Waals surface area contributed by atoms with Crippen LogP contribution in [0.5, 0.6) is 11.5 Å². The molecule has 4 rings (SSSR count). The first-order chi connectivity index (χ1) is 17.8. The van der Waals surface area contributed by atoms with Crippen molar-refractivity contribution in [3.05, 3.63) is 86.7 Å². The summed E-state index contributed by atoms with van der Waals surface area (Å²) in [5.74, 6) is 1.84. The number of rotatable bonds is 8. The third kappa shape index (κ3) is 5.50. The predicted molar refractivity (Wildman–Crippen MR) is 147 cm³/mol. The highest BCUT2D eigenvalue weighted by Gasteiger charge is 2.18. The minimum absolute atomic E-state index is 0.130. The van der Waals surface area contributed by atoms with E-state index in [1.54, 1.807) is 30.3 Å². The smallest absolute Gasteiger partial charge is 0.282 e. The fraction of sp³-hybridized carbons (Fsp3) is 0.241. The van der Waals surface area contributed by atoms with Gasteiger partial charge in [-0.2, -0.15) is 15.0 Å². The van der Waals surface area contributed by atoms with Gasteiger partial charge in [0.1, 0.15) is 17.6 Å². The Balaban J connectivity index is 1.96. The molecule has 0 N–H and O–H groups in total. The molecule has 0 bridgehead atoms. The Kier molecular flexibility index (Phi) is 7.90. The SMILES string of the molecule is CCOc1cc(C)c(-c2nc3ccccc3c(=O)n2N=Cc2cc(Cl)ccc2OCC#N)cc1C(C)C. The van der Waals surface area contributed by atoms with Gasteiger partial charge in [-0.1, -0.05) is 37.6 Å². The molecule has 0 aliphatic carbocycles. The van der Waals surface area contributed by atoms with Gasteiger partial charge in [0.2, 0.25) is 0 Å². The Labute approximate surface area is 220 Å². The van der Waals surface area contributed by atoms with Gasteiger partial charge in [-0.15, -0.1) is 0 Å². The third-order valence-corrected chi connectivity index (χ3v) is 6.08. The predicted octanol–water partition coefficient (Wildman–Crippen LogP) is 6.33. The number of aromatic nitrogens is 2. The van der Waals surface area contributed by atoms with Gasteiger partial charge in [-0.05, 0) is 73.4 Å². The van der Waals surface area contributed by atoms with Crippen LogP contribution in [-0.4, -0.2) is 29.1 Å². The molecule has 0 saturated heterocycles. The molecule has 0 aliphatic heterocycles. The number of hydrogen-bond donors (Lipinski definition) is 0. The number of ether oxygens (including phenoxy) is 2. The highest BCUT2D eigenvalue weighted by atomic mass is 35.5. The van der Waals surface area contributed by atoms with Gasteiger partial charge in [0.25, 0.3) is 5.56 Å². The normalized spacial score (nSPS) is 11.3. The van der Waals surface area contributed by atoms with Crippen molar-refractivity contribution in [3.8, 4) is 29.0 Å². The summed E-state index contributed by atoms with van der Waals surface area (Å²) in [6.07, 6.45) is 1.49. The van der Waals surface area contributed by atoms with E-state index in [1.807, 2.05) is 44.2 Å². The Morgan fingerprint density at radius 3 is 2.65 bits per heavy atom. The number of fused-ring (bicyclic) bond motifs is 1. The first-order valence-corrected chi connectivity index (χ1v) is 12.3. The maximum Gasteiger partial charge on any atom is 0.282 e. The summed E-state index contributed by atoms with van der Waals surface area (Å²) in [5.41, 5.74) is 3.49. The zero-order chi connectivity index (χ0) is 26.5. The first-order valence-electron chi connectivity index (χ1n) is 12.0. The van der Waals surface area contributed by atoms with Crippen LogP contribution in [0, 0.1) is 18.3 Å². The van der Waals surface area contributed by atoms with E-state index in [-0.39, 0.29) is 18.1 Å². The molecule has 3 aromatic carbocycles. The van der Waals surface area contributed by atoms with Crippen molar-refractivity contribution in [2.75, 3.05) is 13.2 Å². The van der Waals surface area contributed by atoms with Gasteiger partial charge in [0, 0.05) is 16.1 Å². The minimum Gasteiger partial charge on any atom is -0.494 e. The second-order valence-electron chi connectivity index (χ2n) is 8.74. The standard InChI is InChI=1S/C29H27ClN4O3/c1-5-36-27-14-19(4)24(16-23(27)18(2)3)28-33-25-9-7-6-8-22(25)29(35)34(28)32-17-20-15-21(30)10-11-26(20)37-13-12-31/h6-11,14-18H,5,13H2,1-4H3. The molecule has 37 heavy (non-hydrogen) atoms. The Morgan fingerprint density at radius 1 is 1.14 bits per heavy atom. The van der Waals surface area contributed by atoms with Crippen molar-refractivity contribution in [1.82, 2.24) is 9.66 Å². The number of para-hydroxylation sites is 1. The van der Waals surface area contributed by atoms with Gasteiger partial charge < -0.3 is 9.47 Å². The second-order valence-corrected chi connectivity index (χ2v) is 9.17. The summed E-state index contributed by atoms with van der Waals surface area (Å²) in [7, 11) is 0. The quantitative estimate of drug-likeness (QED) is 0.256. The average Bonchev–Trinajstić information content (AvgIpc) is 2.88. The van der Waals surface area contributed by atoms with Crippen LogP contribution < -0.4 is 15.0 Å². The van der Waals surface area contributed by atoms with Crippen LogP contribution in [0.2, 0.25) is 5.02 Å². The van der Waals surface area contributed by atoms with Gasteiger partial charge in [0.05, 0.1) is 23.7 Å². The van der Waals surface area contributed by atoms with E-state index in [0.717, 1.165) is 22.4 Å². The van der Waals surface area contributed by atoms with Crippen molar-refractivity contribution in [2.45, 2.75) is 33.6 Å². The molecule has 0 aliphatic rings. The van der Waals surface area contributed by atoms with Crippen molar-refractivity contribution in [1.29, 1.82) is 5.26 Å². The molecule has 188 valence electrons. The largest absolute Gasteiger partial charge is 0.494 e. The molecule has 0 fully saturated rings. The van der Waals surface area contributed by atoms with Crippen LogP contribution in [0.25, 0.3) is 22.3 Å². The fourth-order valence-corrected chi connectivity index (χ4v) is 4.24. The molecule has 0 spiro atoms. The van der Waals surface area contributed by atoms with Crippen LogP contribution >= 0.6 is 11.6 Å². The highest BCUT2D eigenvalue weighted by Crippen LogP contribution is 2.34. The van der Waals surface area contributed by atoms with E-state index in [4.69, 9.17) is 31.3 Å². The molecule has 0 unspecified atom stereocenters. The molecule has 1 aromatic heterocycles. The van der Waals surface area contributed by atoms with Crippen molar-refractivity contribution >= 4 is 28.7 Å². The zero-order valence-electron chi connectivity index (χ0n) is 21.2. The summed E-state index contributed by atoms with van der Waals surface area (Å²) < 4.78 is 12.7. The molecule has 4 aromatic rings. The molecule has 0 radical (unpaired) electrons. The Bertz CT molecular complexity index is 1590. The average molecular weight is 515 g/mol. The van der Waals surface area contributed by atoms with E-state index in [9.17, 15) is 4.79 Å². The van der Waals surface area contributed by atoms with E-state index in [0.29, 0.717) is 39.7 Å². The lowest BCUT2D eigenvalue weighted by Gasteiger charge is -2.18. The van der Waals surface area contributed by atoms with E-state index in [1.165, 1.54) is 10.9 Å². The van der Waals surface area contributed by atoms with Crippen molar-refractivity contribution < 1.29 is 9.47 Å².